The van der Waals surface area contributed by atoms with Crippen LogP contribution < -0.4 is 16.0 Å². The molecule has 1 amide bonds. The highest BCUT2D eigenvalue weighted by atomic mass is 16.3. The van der Waals surface area contributed by atoms with Gasteiger partial charge in [-0.2, -0.15) is 0 Å². The van der Waals surface area contributed by atoms with Gasteiger partial charge in [-0.25, -0.2) is 0 Å². The van der Waals surface area contributed by atoms with Crippen LogP contribution in [0.3, 0.4) is 0 Å². The van der Waals surface area contributed by atoms with Crippen LogP contribution in [0.2, 0.25) is 0 Å². The summed E-state index contributed by atoms with van der Waals surface area (Å²) in [5.74, 6) is -7.41. The predicted molar refractivity (Wildman–Crippen MR) is 154 cm³/mol. The van der Waals surface area contributed by atoms with Crippen LogP contribution in [0.4, 0.5) is 5.69 Å². The van der Waals surface area contributed by atoms with Crippen molar-refractivity contribution in [2.24, 2.45) is 28.9 Å². The average molecular weight is 573 g/mol. The molecule has 3 unspecified atom stereocenters. The second-order valence-electron chi connectivity index (χ2n) is 13.4. The number of benzene rings is 1. The number of primary amides is 1. The van der Waals surface area contributed by atoms with Gasteiger partial charge in [0.25, 0.3) is 0 Å². The molecular weight excluding hydrogens is 528 g/mol. The normalized spacial score (nSPS) is 29.8. The highest BCUT2D eigenvalue weighted by molar-refractivity contribution is 6.25. The van der Waals surface area contributed by atoms with Crippen molar-refractivity contribution in [2.75, 3.05) is 39.6 Å². The molecule has 4 rings (SSSR count). The zero-order chi connectivity index (χ0) is 30.8. The maximum Gasteiger partial charge on any atom is 0.230 e. The molecule has 0 spiro atoms. The molecule has 3 aliphatic carbocycles. The van der Waals surface area contributed by atoms with E-state index >= 15 is 0 Å². The third-order valence-corrected chi connectivity index (χ3v) is 8.99. The molecule has 7 N–H and O–H groups in total. The number of carbonyl (C=O) groups excluding carboxylic acids is 3. The average Bonchev–Trinajstić information content (AvgIpc) is 2.83. The fourth-order valence-electron chi connectivity index (χ4n) is 6.93. The number of fused-ring (bicyclic) bond motifs is 3. The van der Waals surface area contributed by atoms with E-state index in [1.807, 2.05) is 25.1 Å². The Hall–Kier alpha value is -2.99. The lowest BCUT2D eigenvalue weighted by molar-refractivity contribution is -0.184. The van der Waals surface area contributed by atoms with Crippen molar-refractivity contribution in [2.45, 2.75) is 64.3 Å². The molecule has 3 aliphatic rings. The zero-order valence-electron chi connectivity index (χ0n) is 25.0. The summed E-state index contributed by atoms with van der Waals surface area (Å²) in [6.45, 7) is 7.45. The number of nitrogens with one attached hydrogen (secondary N) is 1. The molecule has 1 aromatic rings. The fourth-order valence-corrected chi connectivity index (χ4v) is 6.93. The van der Waals surface area contributed by atoms with Crippen molar-refractivity contribution in [1.29, 1.82) is 0 Å². The third kappa shape index (κ3) is 5.03. The largest absolute Gasteiger partial charge is 0.507 e. The summed E-state index contributed by atoms with van der Waals surface area (Å²) in [5.41, 5.74) is 4.80. The number of ketones is 2. The Balaban J connectivity index is 1.83. The van der Waals surface area contributed by atoms with Gasteiger partial charge < -0.3 is 41.3 Å². The van der Waals surface area contributed by atoms with Gasteiger partial charge in [0.15, 0.2) is 11.4 Å². The summed E-state index contributed by atoms with van der Waals surface area (Å²) in [6, 6.07) is 0.943. The quantitative estimate of drug-likeness (QED) is 0.202. The van der Waals surface area contributed by atoms with Crippen LogP contribution >= 0.6 is 0 Å². The van der Waals surface area contributed by atoms with E-state index in [4.69, 9.17) is 5.73 Å². The van der Waals surface area contributed by atoms with Crippen LogP contribution in [0, 0.1) is 23.2 Å². The number of aliphatic hydroxyl groups excluding tert-OH is 2. The van der Waals surface area contributed by atoms with E-state index in [1.54, 1.807) is 19.0 Å². The van der Waals surface area contributed by atoms with E-state index in [1.165, 1.54) is 0 Å². The van der Waals surface area contributed by atoms with Gasteiger partial charge in [-0.05, 0) is 62.9 Å². The maximum absolute atomic E-state index is 14.1. The van der Waals surface area contributed by atoms with Gasteiger partial charge in [0, 0.05) is 49.4 Å². The summed E-state index contributed by atoms with van der Waals surface area (Å²) >= 11 is 0. The first-order valence-corrected chi connectivity index (χ1v) is 14.1. The van der Waals surface area contributed by atoms with E-state index in [-0.39, 0.29) is 35.1 Å². The van der Waals surface area contributed by atoms with Crippen LogP contribution in [0.1, 0.15) is 50.3 Å². The molecule has 0 aromatic heterocycles. The molecule has 1 aromatic carbocycles. The van der Waals surface area contributed by atoms with Crippen molar-refractivity contribution in [3.05, 3.63) is 28.3 Å². The number of nitrogens with zero attached hydrogens (tertiary/aromatic N) is 2. The molecule has 0 heterocycles. The van der Waals surface area contributed by atoms with Crippen LogP contribution in [-0.2, 0) is 27.3 Å². The van der Waals surface area contributed by atoms with Crippen LogP contribution in [0.15, 0.2) is 11.6 Å². The lowest BCUT2D eigenvalue weighted by Gasteiger charge is -2.53. The van der Waals surface area contributed by atoms with Crippen molar-refractivity contribution in [3.63, 3.8) is 0 Å². The number of Topliss-reactive ketones (excluding diaryl/α,β-unsaturated/α-hetero) is 2. The third-order valence-electron chi connectivity index (χ3n) is 8.99. The van der Waals surface area contributed by atoms with Gasteiger partial charge in [-0.15, -0.1) is 0 Å². The monoisotopic (exact) mass is 572 g/mol. The molecule has 6 atom stereocenters. The first-order chi connectivity index (χ1) is 18.9. The number of rotatable bonds is 7. The smallest absolute Gasteiger partial charge is 0.230 e. The summed E-state index contributed by atoms with van der Waals surface area (Å²) in [4.78, 5) is 43.2. The van der Waals surface area contributed by atoms with Gasteiger partial charge >= 0.3 is 0 Å². The molecule has 0 saturated heterocycles. The number of nitrogens with two attached hydrogens (primary N) is 1. The summed E-state index contributed by atoms with van der Waals surface area (Å²) in [7, 11) is 6.97. The van der Waals surface area contributed by atoms with E-state index in [0.717, 1.165) is 12.1 Å². The number of anilines is 1. The number of aromatic hydroxyl groups is 1. The van der Waals surface area contributed by atoms with Gasteiger partial charge in [-0.3, -0.25) is 14.4 Å². The Morgan fingerprint density at radius 3 is 2.34 bits per heavy atom. The second-order valence-corrected chi connectivity index (χ2v) is 13.4. The lowest BCUT2D eigenvalue weighted by atomic mass is 9.54. The minimum Gasteiger partial charge on any atom is -0.507 e. The molecular formula is C30H44N4O7. The molecule has 0 radical (unpaired) electrons. The zero-order valence-corrected chi connectivity index (χ0v) is 25.0. The molecule has 11 heteroatoms. The Bertz CT molecular complexity index is 1300. The number of likely N-dealkylation sites (N-methyl/N-ethyl adjacent to an activating group) is 1. The number of hydrogen-bond acceptors (Lipinski definition) is 10. The maximum atomic E-state index is 14.1. The molecule has 2 saturated carbocycles. The molecule has 0 bridgehead atoms. The fraction of sp³-hybridized carbons (Fsp3) is 0.633. The Labute approximate surface area is 241 Å². The summed E-state index contributed by atoms with van der Waals surface area (Å²) in [6.07, 6.45) is -0.261. The molecule has 0 aliphatic heterocycles. The van der Waals surface area contributed by atoms with Crippen molar-refractivity contribution >= 4 is 28.9 Å². The Morgan fingerprint density at radius 1 is 1.17 bits per heavy atom. The number of hydrogen-bond donors (Lipinski definition) is 6. The van der Waals surface area contributed by atoms with Gasteiger partial charge in [0.1, 0.15) is 17.4 Å². The van der Waals surface area contributed by atoms with E-state index in [0.29, 0.717) is 24.2 Å². The topological polar surface area (TPSA) is 177 Å². The molecule has 2 fully saturated rings. The predicted octanol–water partition coefficient (Wildman–Crippen LogP) is 0.721. The van der Waals surface area contributed by atoms with Crippen molar-refractivity contribution in [1.82, 2.24) is 10.2 Å². The lowest BCUT2D eigenvalue weighted by Crippen LogP contribution is -2.73. The molecule has 226 valence electrons. The number of aliphatic hydroxyl groups is 3. The number of phenols is 1. The van der Waals surface area contributed by atoms with Crippen LogP contribution in [0.25, 0.3) is 5.76 Å². The molecule has 41 heavy (non-hydrogen) atoms. The van der Waals surface area contributed by atoms with E-state index in [2.05, 4.69) is 26.1 Å². The highest BCUT2D eigenvalue weighted by Gasteiger charge is 2.67. The molecule has 11 nitrogen and oxygen atoms in total. The first-order valence-electron chi connectivity index (χ1n) is 14.1. The SMILES string of the molecule is CN(C)c1cc(CNCCC(C)(C)C)c(O)c2c1C[C@H]1C[C@H]3C(N(C)C)C(O)C(C(N)=O)C(=O)[C@@]3(O)C(=O)C1=C2O. The Morgan fingerprint density at radius 2 is 1.80 bits per heavy atom. The van der Waals surface area contributed by atoms with E-state index < -0.39 is 58.7 Å². The van der Waals surface area contributed by atoms with E-state index in [9.17, 15) is 34.8 Å². The minimum atomic E-state index is -2.67. The summed E-state index contributed by atoms with van der Waals surface area (Å²) in [5, 5.41) is 49.1. The van der Waals surface area contributed by atoms with Crippen LogP contribution in [-0.4, -0.2) is 95.3 Å². The van der Waals surface area contributed by atoms with Gasteiger partial charge in [0.2, 0.25) is 11.7 Å². The number of carbonyl (C=O) groups is 3. The van der Waals surface area contributed by atoms with Crippen molar-refractivity contribution in [3.8, 4) is 5.75 Å². The highest BCUT2D eigenvalue weighted by Crippen LogP contribution is 2.53. The minimum absolute atomic E-state index is 0.0853. The van der Waals surface area contributed by atoms with Gasteiger partial charge in [-0.1, -0.05) is 20.8 Å². The van der Waals surface area contributed by atoms with Gasteiger partial charge in [0.05, 0.1) is 11.7 Å². The number of phenolic OH excluding ortho intramolecular Hbond substituents is 1. The van der Waals surface area contributed by atoms with Crippen molar-refractivity contribution < 1.29 is 34.8 Å². The Kier molecular flexibility index (Phi) is 8.07. The van der Waals surface area contributed by atoms with Crippen LogP contribution in [0.5, 0.6) is 5.75 Å². The first kappa shape index (κ1) is 31.0. The standard InChI is InChI=1S/C30H44N4O7/c1-29(2,3)8-9-32-13-15-12-18(33(4)5)16-10-14-11-17-22(34(6)7)25(37)21(28(31)40)27(39)30(17,41)26(38)19(14)24(36)20(16)23(15)35/h12,14,17,21-22,25,32,35-37,41H,8-11,13H2,1-7H3,(H2,31,40)/t14-,17-,21?,22?,25?,30-/m0/s1. The number of amides is 1. The second kappa shape index (κ2) is 10.7. The summed E-state index contributed by atoms with van der Waals surface area (Å²) < 4.78 is 0.